The maximum atomic E-state index is 13.2. The molecule has 1 saturated heterocycles. The molecule has 1 aliphatic carbocycles. The standard InChI is InChI=1S/C20H27N3O2S2/c1-3-23-19(25)17-14-8-7-13(2)11-15(14)27-18(17)21-20(23)26-12-16(24)22-9-5-4-6-10-22/h13H,3-12H2,1-2H3. The molecule has 2 aromatic rings. The third kappa shape index (κ3) is 3.68. The van der Waals surface area contributed by atoms with Gasteiger partial charge in [-0.25, -0.2) is 4.98 Å². The van der Waals surface area contributed by atoms with E-state index in [1.54, 1.807) is 15.9 Å². The molecule has 0 N–H and O–H groups in total. The van der Waals surface area contributed by atoms with E-state index in [2.05, 4.69) is 6.92 Å². The van der Waals surface area contributed by atoms with Gasteiger partial charge in [-0.2, -0.15) is 0 Å². The minimum Gasteiger partial charge on any atom is -0.342 e. The second-order valence-electron chi connectivity index (χ2n) is 7.71. The van der Waals surface area contributed by atoms with Crippen LogP contribution in [0.4, 0.5) is 0 Å². The maximum absolute atomic E-state index is 13.2. The van der Waals surface area contributed by atoms with Crippen molar-refractivity contribution in [2.24, 2.45) is 5.92 Å². The summed E-state index contributed by atoms with van der Waals surface area (Å²) in [5.41, 5.74) is 1.30. The van der Waals surface area contributed by atoms with E-state index in [9.17, 15) is 9.59 Å². The number of thiophene rings is 1. The summed E-state index contributed by atoms with van der Waals surface area (Å²) in [6.07, 6.45) is 6.59. The number of fused-ring (bicyclic) bond motifs is 3. The fourth-order valence-corrected chi connectivity index (χ4v) is 6.54. The topological polar surface area (TPSA) is 55.2 Å². The van der Waals surface area contributed by atoms with Gasteiger partial charge >= 0.3 is 0 Å². The van der Waals surface area contributed by atoms with E-state index in [-0.39, 0.29) is 11.5 Å². The quantitative estimate of drug-likeness (QED) is 0.575. The Morgan fingerprint density at radius 1 is 1.30 bits per heavy atom. The molecule has 0 aromatic carbocycles. The molecule has 146 valence electrons. The number of thioether (sulfide) groups is 1. The molecule has 2 aliphatic rings. The average Bonchev–Trinajstić information content (AvgIpc) is 3.04. The number of hydrogen-bond acceptors (Lipinski definition) is 5. The number of amides is 1. The van der Waals surface area contributed by atoms with Crippen LogP contribution in [0.25, 0.3) is 10.2 Å². The number of piperidine rings is 1. The van der Waals surface area contributed by atoms with E-state index < -0.39 is 0 Å². The van der Waals surface area contributed by atoms with Crippen molar-refractivity contribution in [3.63, 3.8) is 0 Å². The number of aromatic nitrogens is 2. The highest BCUT2D eigenvalue weighted by Gasteiger charge is 2.25. The number of carbonyl (C=O) groups is 1. The van der Waals surface area contributed by atoms with Crippen LogP contribution in [0.15, 0.2) is 9.95 Å². The van der Waals surface area contributed by atoms with Crippen LogP contribution in [-0.2, 0) is 24.2 Å². The molecule has 1 unspecified atom stereocenters. The van der Waals surface area contributed by atoms with E-state index in [0.717, 1.165) is 55.4 Å². The third-order valence-electron chi connectivity index (χ3n) is 5.73. The van der Waals surface area contributed by atoms with Crippen LogP contribution < -0.4 is 5.56 Å². The van der Waals surface area contributed by atoms with Crippen LogP contribution in [0.3, 0.4) is 0 Å². The summed E-state index contributed by atoms with van der Waals surface area (Å²) in [6, 6.07) is 0. The lowest BCUT2D eigenvalue weighted by atomic mass is 9.89. The highest BCUT2D eigenvalue weighted by Crippen LogP contribution is 2.36. The van der Waals surface area contributed by atoms with Crippen molar-refractivity contribution in [2.75, 3.05) is 18.8 Å². The van der Waals surface area contributed by atoms with Gasteiger partial charge < -0.3 is 4.90 Å². The van der Waals surface area contributed by atoms with Crippen molar-refractivity contribution >= 4 is 39.2 Å². The van der Waals surface area contributed by atoms with Gasteiger partial charge in [0.2, 0.25) is 5.91 Å². The Hall–Kier alpha value is -1.34. The van der Waals surface area contributed by atoms with Crippen molar-refractivity contribution in [3.8, 4) is 0 Å². The SMILES string of the molecule is CCn1c(SCC(=O)N2CCCCC2)nc2sc3c(c2c1=O)CCC(C)C3. The first kappa shape index (κ1) is 19.0. The fourth-order valence-electron chi connectivity index (χ4n) is 4.15. The molecule has 7 heteroatoms. The average molecular weight is 406 g/mol. The number of rotatable bonds is 4. The van der Waals surface area contributed by atoms with Gasteiger partial charge in [0.1, 0.15) is 4.83 Å². The molecule has 1 amide bonds. The first-order chi connectivity index (χ1) is 13.1. The highest BCUT2D eigenvalue weighted by atomic mass is 32.2. The smallest absolute Gasteiger partial charge is 0.263 e. The van der Waals surface area contributed by atoms with Gasteiger partial charge in [-0.05, 0) is 56.9 Å². The lowest BCUT2D eigenvalue weighted by molar-refractivity contribution is -0.129. The zero-order valence-corrected chi connectivity index (χ0v) is 17.8. The lowest BCUT2D eigenvalue weighted by Crippen LogP contribution is -2.37. The summed E-state index contributed by atoms with van der Waals surface area (Å²) < 4.78 is 1.75. The van der Waals surface area contributed by atoms with Crippen molar-refractivity contribution in [1.29, 1.82) is 0 Å². The maximum Gasteiger partial charge on any atom is 0.263 e. The van der Waals surface area contributed by atoms with Gasteiger partial charge in [-0.15, -0.1) is 11.3 Å². The van der Waals surface area contributed by atoms with Gasteiger partial charge in [0, 0.05) is 24.5 Å². The minimum atomic E-state index is 0.0717. The second-order valence-corrected chi connectivity index (χ2v) is 9.73. The molecule has 27 heavy (non-hydrogen) atoms. The molecule has 1 atom stereocenters. The van der Waals surface area contributed by atoms with Gasteiger partial charge in [-0.3, -0.25) is 14.2 Å². The summed E-state index contributed by atoms with van der Waals surface area (Å²) in [7, 11) is 0. The molecule has 1 fully saturated rings. The van der Waals surface area contributed by atoms with Crippen molar-refractivity contribution < 1.29 is 4.79 Å². The third-order valence-corrected chi connectivity index (χ3v) is 7.84. The van der Waals surface area contributed by atoms with Gasteiger partial charge in [0.25, 0.3) is 5.56 Å². The van der Waals surface area contributed by atoms with Gasteiger partial charge in [-0.1, -0.05) is 18.7 Å². The molecular weight excluding hydrogens is 378 g/mol. The van der Waals surface area contributed by atoms with Crippen LogP contribution in [0.5, 0.6) is 0 Å². The number of nitrogens with zero attached hydrogens (tertiary/aromatic N) is 3. The van der Waals surface area contributed by atoms with E-state index in [0.29, 0.717) is 23.4 Å². The summed E-state index contributed by atoms with van der Waals surface area (Å²) >= 11 is 3.10. The first-order valence-corrected chi connectivity index (χ1v) is 11.8. The van der Waals surface area contributed by atoms with Crippen LogP contribution in [0.1, 0.15) is 50.0 Å². The van der Waals surface area contributed by atoms with Crippen LogP contribution >= 0.6 is 23.1 Å². The van der Waals surface area contributed by atoms with E-state index >= 15 is 0 Å². The van der Waals surface area contributed by atoms with Crippen molar-refractivity contribution in [2.45, 2.75) is 64.1 Å². The Balaban J connectivity index is 1.62. The Kier molecular flexibility index (Phi) is 5.60. The van der Waals surface area contributed by atoms with Crippen LogP contribution in [-0.4, -0.2) is 39.2 Å². The molecule has 3 heterocycles. The van der Waals surface area contributed by atoms with Gasteiger partial charge in [0.15, 0.2) is 5.16 Å². The Labute approximate surface area is 168 Å². The normalized spacial score (nSPS) is 20.1. The number of aryl methyl sites for hydroxylation is 1. The number of carbonyl (C=O) groups excluding carboxylic acids is 1. The summed E-state index contributed by atoms with van der Waals surface area (Å²) in [6.45, 7) is 6.57. The van der Waals surface area contributed by atoms with Crippen LogP contribution in [0, 0.1) is 5.92 Å². The van der Waals surface area contributed by atoms with Gasteiger partial charge in [0.05, 0.1) is 11.1 Å². The van der Waals surface area contributed by atoms with Crippen LogP contribution in [0.2, 0.25) is 0 Å². The predicted molar refractivity (Wildman–Crippen MR) is 112 cm³/mol. The molecule has 0 saturated carbocycles. The molecular formula is C20H27N3O2S2. The van der Waals surface area contributed by atoms with E-state index in [4.69, 9.17) is 4.98 Å². The van der Waals surface area contributed by atoms with Crippen molar-refractivity contribution in [3.05, 3.63) is 20.8 Å². The minimum absolute atomic E-state index is 0.0717. The lowest BCUT2D eigenvalue weighted by Gasteiger charge is -2.26. The van der Waals surface area contributed by atoms with E-state index in [1.807, 2.05) is 11.8 Å². The largest absolute Gasteiger partial charge is 0.342 e. The summed E-state index contributed by atoms with van der Waals surface area (Å²) in [5.74, 6) is 1.20. The second kappa shape index (κ2) is 7.95. The first-order valence-electron chi connectivity index (χ1n) is 10.0. The summed E-state index contributed by atoms with van der Waals surface area (Å²) in [5, 5.41) is 1.52. The molecule has 0 bridgehead atoms. The number of likely N-dealkylation sites (tertiary alicyclic amines) is 1. The van der Waals surface area contributed by atoms with Crippen molar-refractivity contribution in [1.82, 2.24) is 14.5 Å². The predicted octanol–water partition coefficient (Wildman–Crippen LogP) is 3.71. The molecule has 0 spiro atoms. The number of hydrogen-bond donors (Lipinski definition) is 0. The molecule has 1 aliphatic heterocycles. The molecule has 4 rings (SSSR count). The Bertz CT molecular complexity index is 912. The molecule has 0 radical (unpaired) electrons. The zero-order chi connectivity index (χ0) is 19.0. The monoisotopic (exact) mass is 405 g/mol. The Morgan fingerprint density at radius 3 is 2.81 bits per heavy atom. The molecule has 2 aromatic heterocycles. The zero-order valence-electron chi connectivity index (χ0n) is 16.1. The van der Waals surface area contributed by atoms with E-state index in [1.165, 1.54) is 28.6 Å². The molecule has 5 nitrogen and oxygen atoms in total. The summed E-state index contributed by atoms with van der Waals surface area (Å²) in [4.78, 5) is 34.6. The fraction of sp³-hybridized carbons (Fsp3) is 0.650. The Morgan fingerprint density at radius 2 is 2.07 bits per heavy atom. The highest BCUT2D eigenvalue weighted by molar-refractivity contribution is 7.99.